The number of aliphatic hydroxyl groups is 1. The molecule has 2 aromatic heterocycles. The number of H-pyrrole nitrogens is 1. The Balaban J connectivity index is 1.92. The number of nitrogens with zero attached hydrogens (tertiary/aromatic N) is 5. The van der Waals surface area contributed by atoms with Crippen LogP contribution in [0.1, 0.15) is 18.6 Å². The van der Waals surface area contributed by atoms with Gasteiger partial charge in [0.05, 0.1) is 16.3 Å². The van der Waals surface area contributed by atoms with Crippen molar-refractivity contribution < 1.29 is 5.11 Å². The number of benzene rings is 1. The van der Waals surface area contributed by atoms with Gasteiger partial charge < -0.3 is 14.7 Å². The number of thioether (sulfide) groups is 1. The maximum atomic E-state index is 10.6. The molecule has 3 rings (SSSR count). The third-order valence-electron chi connectivity index (χ3n) is 3.87. The molecule has 26 heavy (non-hydrogen) atoms. The second-order valence-corrected chi connectivity index (χ2v) is 6.97. The molecule has 0 aliphatic carbocycles. The largest absolute Gasteiger partial charge is 0.510 e. The fourth-order valence-electron chi connectivity index (χ4n) is 2.51. The normalized spacial score (nSPS) is 13.3. The Hall–Kier alpha value is -3.05. The van der Waals surface area contributed by atoms with E-state index in [0.29, 0.717) is 17.5 Å². The van der Waals surface area contributed by atoms with Gasteiger partial charge in [0, 0.05) is 6.54 Å². The van der Waals surface area contributed by atoms with Gasteiger partial charge in [-0.25, -0.2) is 4.98 Å². The molecule has 0 saturated carbocycles. The van der Waals surface area contributed by atoms with Crippen LogP contribution < -0.4 is 0 Å². The van der Waals surface area contributed by atoms with Crippen LogP contribution in [0.4, 0.5) is 0 Å². The van der Waals surface area contributed by atoms with E-state index in [1.54, 1.807) is 6.08 Å². The summed E-state index contributed by atoms with van der Waals surface area (Å²) >= 11 is 1.33. The van der Waals surface area contributed by atoms with Crippen molar-refractivity contribution in [3.63, 3.8) is 0 Å². The van der Waals surface area contributed by atoms with Gasteiger partial charge in [-0.1, -0.05) is 30.0 Å². The molecule has 2 heterocycles. The SMILES string of the molecule is C=CCn1c(C)nnc1SC(C)/C(O)=C(\C#N)c1nc2ccccc2[nH]1. The summed E-state index contributed by atoms with van der Waals surface area (Å²) in [6, 6.07) is 9.53. The lowest BCUT2D eigenvalue weighted by Crippen LogP contribution is -2.08. The van der Waals surface area contributed by atoms with E-state index in [1.165, 1.54) is 11.8 Å². The Bertz CT molecular complexity index is 993. The van der Waals surface area contributed by atoms with Crippen molar-refractivity contribution in [3.8, 4) is 6.07 Å². The summed E-state index contributed by atoms with van der Waals surface area (Å²) in [5, 5.41) is 28.7. The van der Waals surface area contributed by atoms with E-state index in [0.717, 1.165) is 16.9 Å². The molecule has 0 aliphatic heterocycles. The second kappa shape index (κ2) is 7.45. The van der Waals surface area contributed by atoms with E-state index >= 15 is 0 Å². The first-order chi connectivity index (χ1) is 12.5. The molecule has 0 fully saturated rings. The fraction of sp³-hybridized carbons (Fsp3) is 0.222. The van der Waals surface area contributed by atoms with Crippen molar-refractivity contribution in [2.45, 2.75) is 30.8 Å². The highest BCUT2D eigenvalue weighted by Crippen LogP contribution is 2.30. The number of fused-ring (bicyclic) bond motifs is 1. The smallest absolute Gasteiger partial charge is 0.192 e. The van der Waals surface area contributed by atoms with Crippen molar-refractivity contribution in [1.82, 2.24) is 24.7 Å². The number of hydrogen-bond acceptors (Lipinski definition) is 6. The lowest BCUT2D eigenvalue weighted by atomic mass is 10.2. The number of rotatable bonds is 6. The molecule has 8 heteroatoms. The summed E-state index contributed by atoms with van der Waals surface area (Å²) in [5.41, 5.74) is 1.67. The molecule has 2 N–H and O–H groups in total. The van der Waals surface area contributed by atoms with E-state index in [4.69, 9.17) is 0 Å². The van der Waals surface area contributed by atoms with Crippen LogP contribution in [0.25, 0.3) is 16.6 Å². The number of aromatic amines is 1. The van der Waals surface area contributed by atoms with Gasteiger partial charge in [0.25, 0.3) is 0 Å². The first-order valence-corrected chi connectivity index (χ1v) is 8.88. The Morgan fingerprint density at radius 2 is 2.23 bits per heavy atom. The minimum Gasteiger partial charge on any atom is -0.510 e. The monoisotopic (exact) mass is 366 g/mol. The minimum atomic E-state index is -0.398. The van der Waals surface area contributed by atoms with Crippen LogP contribution in [-0.2, 0) is 6.54 Å². The molecule has 1 atom stereocenters. The average molecular weight is 366 g/mol. The summed E-state index contributed by atoms with van der Waals surface area (Å²) in [6.07, 6.45) is 1.76. The predicted octanol–water partition coefficient (Wildman–Crippen LogP) is 3.62. The number of nitrogens with one attached hydrogen (secondary N) is 1. The number of para-hydroxylation sites is 2. The highest BCUT2D eigenvalue weighted by atomic mass is 32.2. The Kier molecular flexibility index (Phi) is 5.09. The molecule has 0 amide bonds. The highest BCUT2D eigenvalue weighted by Gasteiger charge is 2.21. The van der Waals surface area contributed by atoms with Gasteiger partial charge in [0.15, 0.2) is 11.0 Å². The van der Waals surface area contributed by atoms with Gasteiger partial charge in [-0.15, -0.1) is 16.8 Å². The molecular weight excluding hydrogens is 348 g/mol. The number of aromatic nitrogens is 5. The van der Waals surface area contributed by atoms with E-state index in [1.807, 2.05) is 42.7 Å². The topological polar surface area (TPSA) is 103 Å². The maximum Gasteiger partial charge on any atom is 0.192 e. The number of hydrogen-bond donors (Lipinski definition) is 2. The summed E-state index contributed by atoms with van der Waals surface area (Å²) in [7, 11) is 0. The molecule has 0 aliphatic rings. The van der Waals surface area contributed by atoms with Gasteiger partial charge in [-0.05, 0) is 26.0 Å². The summed E-state index contributed by atoms with van der Waals surface area (Å²) < 4.78 is 1.90. The van der Waals surface area contributed by atoms with Crippen molar-refractivity contribution in [3.05, 3.63) is 54.3 Å². The maximum absolute atomic E-state index is 10.6. The molecule has 3 aromatic rings. The lowest BCUT2D eigenvalue weighted by Gasteiger charge is -2.12. The van der Waals surface area contributed by atoms with Gasteiger partial charge >= 0.3 is 0 Å². The van der Waals surface area contributed by atoms with Gasteiger partial charge in [-0.3, -0.25) is 0 Å². The van der Waals surface area contributed by atoms with Crippen molar-refractivity contribution in [2.75, 3.05) is 0 Å². The fourth-order valence-corrected chi connectivity index (χ4v) is 3.48. The van der Waals surface area contributed by atoms with Crippen LogP contribution in [0.3, 0.4) is 0 Å². The van der Waals surface area contributed by atoms with Crippen LogP contribution in [0.15, 0.2) is 47.8 Å². The summed E-state index contributed by atoms with van der Waals surface area (Å²) in [6.45, 7) is 7.98. The van der Waals surface area contributed by atoms with Crippen LogP contribution in [0, 0.1) is 18.3 Å². The van der Waals surface area contributed by atoms with Gasteiger partial charge in [0.1, 0.15) is 23.2 Å². The van der Waals surface area contributed by atoms with Crippen molar-refractivity contribution >= 4 is 28.4 Å². The quantitative estimate of drug-likeness (QED) is 0.299. The molecule has 132 valence electrons. The number of allylic oxidation sites excluding steroid dienone is 2. The minimum absolute atomic E-state index is 0.0534. The molecular formula is C18H18N6OS. The molecule has 0 saturated heterocycles. The van der Waals surface area contributed by atoms with Crippen LogP contribution >= 0.6 is 11.8 Å². The zero-order valence-electron chi connectivity index (χ0n) is 14.5. The molecule has 1 aromatic carbocycles. The van der Waals surface area contributed by atoms with Crippen molar-refractivity contribution in [1.29, 1.82) is 5.26 Å². The number of aryl methyl sites for hydroxylation is 1. The first-order valence-electron chi connectivity index (χ1n) is 8.00. The van der Waals surface area contributed by atoms with Crippen LogP contribution in [0.2, 0.25) is 0 Å². The predicted molar refractivity (Wildman–Crippen MR) is 102 cm³/mol. The van der Waals surface area contributed by atoms with Crippen LogP contribution in [-0.4, -0.2) is 35.1 Å². The average Bonchev–Trinajstić information content (AvgIpc) is 3.20. The van der Waals surface area contributed by atoms with Crippen LogP contribution in [0.5, 0.6) is 0 Å². The van der Waals surface area contributed by atoms with E-state index < -0.39 is 5.25 Å². The Morgan fingerprint density at radius 1 is 1.46 bits per heavy atom. The molecule has 0 bridgehead atoms. The van der Waals surface area contributed by atoms with E-state index in [9.17, 15) is 10.4 Å². The van der Waals surface area contributed by atoms with Gasteiger partial charge in [0.2, 0.25) is 0 Å². The zero-order chi connectivity index (χ0) is 18.7. The third kappa shape index (κ3) is 3.34. The van der Waals surface area contributed by atoms with E-state index in [-0.39, 0.29) is 11.3 Å². The summed E-state index contributed by atoms with van der Waals surface area (Å²) in [4.78, 5) is 7.47. The zero-order valence-corrected chi connectivity index (χ0v) is 15.3. The number of imidazole rings is 1. The molecule has 7 nitrogen and oxygen atoms in total. The standard InChI is InChI=1S/C18H18N6OS/c1-4-9-24-12(3)22-23-18(24)26-11(2)16(25)13(10-19)17-20-14-7-5-6-8-15(14)21-17/h4-8,11,25H,1,9H2,2-3H3,(H,20,21)/b16-13-. The highest BCUT2D eigenvalue weighted by molar-refractivity contribution is 7.99. The van der Waals surface area contributed by atoms with Crippen molar-refractivity contribution in [2.24, 2.45) is 0 Å². The molecule has 1 unspecified atom stereocenters. The Labute approximate surface area is 155 Å². The second-order valence-electron chi connectivity index (χ2n) is 5.66. The summed E-state index contributed by atoms with van der Waals surface area (Å²) in [5.74, 6) is 1.06. The first kappa shape index (κ1) is 17.8. The Morgan fingerprint density at radius 3 is 2.92 bits per heavy atom. The molecule has 0 radical (unpaired) electrons. The van der Waals surface area contributed by atoms with Gasteiger partial charge in [-0.2, -0.15) is 5.26 Å². The number of nitriles is 1. The van der Waals surface area contributed by atoms with E-state index in [2.05, 4.69) is 32.8 Å². The lowest BCUT2D eigenvalue weighted by molar-refractivity contribution is 0.401. The third-order valence-corrected chi connectivity index (χ3v) is 4.96. The number of aliphatic hydroxyl groups excluding tert-OH is 1. The molecule has 0 spiro atoms.